The Morgan fingerprint density at radius 2 is 1.62 bits per heavy atom. The lowest BCUT2D eigenvalue weighted by atomic mass is 9.95. The van der Waals surface area contributed by atoms with Gasteiger partial charge >= 0.3 is 0 Å². The van der Waals surface area contributed by atoms with Gasteiger partial charge in [0.2, 0.25) is 11.6 Å². The van der Waals surface area contributed by atoms with Gasteiger partial charge < -0.3 is 5.32 Å². The number of Topliss-reactive ketones (excluding diaryl/α,β-unsaturated/α-hetero) is 2. The van der Waals surface area contributed by atoms with Crippen LogP contribution in [0.15, 0.2) is 47.4 Å². The van der Waals surface area contributed by atoms with Crippen LogP contribution in [0.3, 0.4) is 0 Å². The van der Waals surface area contributed by atoms with Gasteiger partial charge in [-0.05, 0) is 30.5 Å². The largest absolute Gasteiger partial charge is 0.351 e. The number of carbonyl (C=O) groups is 2. The van der Waals surface area contributed by atoms with Gasteiger partial charge in [-0.1, -0.05) is 37.1 Å². The van der Waals surface area contributed by atoms with Crippen molar-refractivity contribution < 1.29 is 9.59 Å². The van der Waals surface area contributed by atoms with E-state index in [1.165, 1.54) is 18.0 Å². The van der Waals surface area contributed by atoms with Crippen LogP contribution in [-0.4, -0.2) is 21.8 Å². The molecule has 3 rings (SSSR count). The van der Waals surface area contributed by atoms with E-state index in [0.717, 1.165) is 19.3 Å². The number of fused-ring (bicyclic) bond motifs is 1. The molecule has 0 bridgehead atoms. The minimum atomic E-state index is -0.428. The number of unbranched alkanes of at least 4 members (excludes halogenated alkanes) is 1. The quantitative estimate of drug-likeness (QED) is 0.896. The van der Waals surface area contributed by atoms with Crippen LogP contribution in [0.2, 0.25) is 0 Å². The van der Waals surface area contributed by atoms with Crippen molar-refractivity contribution in [1.29, 1.82) is 0 Å². The van der Waals surface area contributed by atoms with Gasteiger partial charge in [-0.3, -0.25) is 9.59 Å². The van der Waals surface area contributed by atoms with Gasteiger partial charge in [0.1, 0.15) is 10.7 Å². The molecule has 0 atom stereocenters. The summed E-state index contributed by atoms with van der Waals surface area (Å²) in [5.41, 5.74) is 2.40. The molecule has 1 aromatic carbocycles. The van der Waals surface area contributed by atoms with Crippen molar-refractivity contribution >= 4 is 28.9 Å². The molecule has 0 saturated carbocycles. The Bertz CT molecular complexity index is 828. The van der Waals surface area contributed by atoms with Gasteiger partial charge in [-0.25, -0.2) is 0 Å². The van der Waals surface area contributed by atoms with E-state index < -0.39 is 5.78 Å². The number of aryl methyl sites for hydroxylation is 1. The summed E-state index contributed by atoms with van der Waals surface area (Å²) in [5.74, 6) is -0.789. The van der Waals surface area contributed by atoms with Crippen LogP contribution in [0, 0.1) is 0 Å². The highest BCUT2D eigenvalue weighted by Crippen LogP contribution is 2.28. The maximum absolute atomic E-state index is 12.6. The second kappa shape index (κ2) is 6.93. The topological polar surface area (TPSA) is 72.0 Å². The molecule has 0 unspecified atom stereocenters. The predicted molar refractivity (Wildman–Crippen MR) is 92.2 cm³/mol. The highest BCUT2D eigenvalue weighted by Gasteiger charge is 2.32. The smallest absolute Gasteiger partial charge is 0.213 e. The number of benzene rings is 1. The molecule has 1 N–H and O–H groups in total. The van der Waals surface area contributed by atoms with Crippen LogP contribution >= 0.6 is 11.6 Å². The maximum atomic E-state index is 12.6. The number of hydrogen-bond donors (Lipinski definition) is 1. The molecule has 0 fully saturated rings. The van der Waals surface area contributed by atoms with Crippen LogP contribution in [0.25, 0.3) is 0 Å². The van der Waals surface area contributed by atoms with Crippen molar-refractivity contribution in [2.45, 2.75) is 26.2 Å². The van der Waals surface area contributed by atoms with Gasteiger partial charge in [0.25, 0.3) is 0 Å². The molecule has 1 aliphatic carbocycles. The fourth-order valence-corrected chi connectivity index (χ4v) is 2.78. The Morgan fingerprint density at radius 1 is 1.00 bits per heavy atom. The van der Waals surface area contributed by atoms with Gasteiger partial charge in [0.15, 0.2) is 0 Å². The van der Waals surface area contributed by atoms with E-state index in [-0.39, 0.29) is 27.6 Å². The Hall–Kier alpha value is -2.53. The molecule has 122 valence electrons. The van der Waals surface area contributed by atoms with E-state index in [0.29, 0.717) is 5.69 Å². The van der Waals surface area contributed by atoms with Crippen LogP contribution in [0.5, 0.6) is 0 Å². The molecule has 0 aliphatic heterocycles. The lowest BCUT2D eigenvalue weighted by Crippen LogP contribution is -2.24. The number of halogens is 1. The zero-order chi connectivity index (χ0) is 17.1. The van der Waals surface area contributed by atoms with Crippen molar-refractivity contribution in [2.75, 3.05) is 5.32 Å². The minimum Gasteiger partial charge on any atom is -0.351 e. The summed E-state index contributed by atoms with van der Waals surface area (Å²) in [5, 5.41) is 10.1. The first-order valence-corrected chi connectivity index (χ1v) is 8.15. The van der Waals surface area contributed by atoms with Crippen LogP contribution < -0.4 is 5.32 Å². The highest BCUT2D eigenvalue weighted by atomic mass is 35.5. The summed E-state index contributed by atoms with van der Waals surface area (Å²) >= 11 is 6.10. The minimum absolute atomic E-state index is 0.0727. The third-order valence-corrected chi connectivity index (χ3v) is 4.27. The Balaban J connectivity index is 1.86. The van der Waals surface area contributed by atoms with Crippen LogP contribution in [0.1, 0.15) is 46.0 Å². The summed E-state index contributed by atoms with van der Waals surface area (Å²) in [6.07, 6.45) is 5.84. The van der Waals surface area contributed by atoms with E-state index in [1.54, 1.807) is 0 Å². The van der Waals surface area contributed by atoms with E-state index in [9.17, 15) is 9.59 Å². The molecular weight excluding hydrogens is 326 g/mol. The number of hydrogen-bond acceptors (Lipinski definition) is 5. The van der Waals surface area contributed by atoms with E-state index in [4.69, 9.17) is 11.6 Å². The molecule has 0 amide bonds. The second-order valence-electron chi connectivity index (χ2n) is 5.59. The van der Waals surface area contributed by atoms with Crippen LogP contribution in [-0.2, 0) is 6.42 Å². The SMILES string of the molecule is CCCCc1ccc(NC2=C(Cl)C(=O)c3cnncc3C2=O)cc1. The number of ketones is 2. The van der Waals surface area contributed by atoms with Crippen molar-refractivity contribution in [3.05, 3.63) is 64.1 Å². The molecule has 0 radical (unpaired) electrons. The average Bonchev–Trinajstić information content (AvgIpc) is 2.62. The highest BCUT2D eigenvalue weighted by molar-refractivity contribution is 6.50. The first-order chi connectivity index (χ1) is 11.6. The molecule has 24 heavy (non-hydrogen) atoms. The Morgan fingerprint density at radius 3 is 2.25 bits per heavy atom. The van der Waals surface area contributed by atoms with Gasteiger partial charge in [0.05, 0.1) is 23.5 Å². The van der Waals surface area contributed by atoms with Crippen molar-refractivity contribution in [3.8, 4) is 0 Å². The molecule has 1 aliphatic rings. The normalized spacial score (nSPS) is 13.9. The number of nitrogens with zero attached hydrogens (tertiary/aromatic N) is 2. The van der Waals surface area contributed by atoms with E-state index in [2.05, 4.69) is 22.4 Å². The van der Waals surface area contributed by atoms with Crippen molar-refractivity contribution in [2.24, 2.45) is 0 Å². The van der Waals surface area contributed by atoms with Crippen molar-refractivity contribution in [1.82, 2.24) is 10.2 Å². The zero-order valence-electron chi connectivity index (χ0n) is 13.2. The Kier molecular flexibility index (Phi) is 4.71. The van der Waals surface area contributed by atoms with Crippen molar-refractivity contribution in [3.63, 3.8) is 0 Å². The first-order valence-electron chi connectivity index (χ1n) is 7.77. The number of aromatic nitrogens is 2. The molecule has 6 heteroatoms. The van der Waals surface area contributed by atoms with Gasteiger partial charge in [0, 0.05) is 5.69 Å². The summed E-state index contributed by atoms with van der Waals surface area (Å²) in [4.78, 5) is 24.8. The molecule has 5 nitrogen and oxygen atoms in total. The molecule has 1 heterocycles. The lowest BCUT2D eigenvalue weighted by Gasteiger charge is -2.18. The third kappa shape index (κ3) is 3.08. The summed E-state index contributed by atoms with van der Waals surface area (Å²) in [6, 6.07) is 7.75. The molecule has 0 spiro atoms. The summed E-state index contributed by atoms with van der Waals surface area (Å²) in [6.45, 7) is 2.15. The molecular formula is C18H16ClN3O2. The lowest BCUT2D eigenvalue weighted by molar-refractivity contribution is 0.0981. The predicted octanol–water partition coefficient (Wildman–Crippen LogP) is 3.76. The monoisotopic (exact) mass is 341 g/mol. The fraction of sp³-hybridized carbons (Fsp3) is 0.222. The summed E-state index contributed by atoms with van der Waals surface area (Å²) < 4.78 is 0. The number of nitrogens with one attached hydrogen (secondary N) is 1. The summed E-state index contributed by atoms with van der Waals surface area (Å²) in [7, 11) is 0. The standard InChI is InChI=1S/C18H16ClN3O2/c1-2-3-4-11-5-7-12(8-6-11)22-16-15(19)17(23)13-9-20-21-10-14(13)18(16)24/h5-10,22H,2-4H2,1H3. The van der Waals surface area contributed by atoms with E-state index in [1.807, 2.05) is 24.3 Å². The van der Waals surface area contributed by atoms with Gasteiger partial charge in [-0.2, -0.15) is 10.2 Å². The van der Waals surface area contributed by atoms with Gasteiger partial charge in [-0.15, -0.1) is 0 Å². The number of carbonyl (C=O) groups excluding carboxylic acids is 2. The average molecular weight is 342 g/mol. The maximum Gasteiger partial charge on any atom is 0.213 e. The van der Waals surface area contributed by atoms with Crippen LogP contribution in [0.4, 0.5) is 5.69 Å². The molecule has 0 saturated heterocycles. The second-order valence-corrected chi connectivity index (χ2v) is 5.97. The van der Waals surface area contributed by atoms with E-state index >= 15 is 0 Å². The first kappa shape index (κ1) is 16.3. The third-order valence-electron chi connectivity index (χ3n) is 3.91. The zero-order valence-corrected chi connectivity index (χ0v) is 13.9. The number of anilines is 1. The molecule has 2 aromatic rings. The molecule has 1 aromatic heterocycles. The fourth-order valence-electron chi connectivity index (χ4n) is 2.54. The number of rotatable bonds is 5. The Labute approximate surface area is 144 Å². The number of allylic oxidation sites excluding steroid dienone is 2.